The second-order valence-corrected chi connectivity index (χ2v) is 4.01. The van der Waals surface area contributed by atoms with E-state index >= 15 is 0 Å². The summed E-state index contributed by atoms with van der Waals surface area (Å²) in [5.74, 6) is -0.170. The smallest absolute Gasteiger partial charge is 0.226 e. The molecule has 5 heteroatoms. The summed E-state index contributed by atoms with van der Waals surface area (Å²) in [7, 11) is 1.53. The number of rotatable bonds is 4. The number of nitriles is 1. The molecule has 1 N–H and O–H groups in total. The molecule has 0 radical (unpaired) electrons. The molecule has 0 saturated heterocycles. The van der Waals surface area contributed by atoms with Crippen LogP contribution >= 0.6 is 15.9 Å². The lowest BCUT2D eigenvalue weighted by Crippen LogP contribution is -2.14. The molecule has 0 unspecified atom stereocenters. The summed E-state index contributed by atoms with van der Waals surface area (Å²) in [4.78, 5) is 11.4. The van der Waals surface area contributed by atoms with E-state index in [0.29, 0.717) is 17.9 Å². The Morgan fingerprint density at radius 3 is 3.00 bits per heavy atom. The summed E-state index contributed by atoms with van der Waals surface area (Å²) in [6.45, 7) is 0.363. The highest BCUT2D eigenvalue weighted by molar-refractivity contribution is 9.10. The number of methoxy groups -OCH3 is 1. The lowest BCUT2D eigenvalue weighted by atomic mass is 10.2. The zero-order valence-corrected chi connectivity index (χ0v) is 10.4. The van der Waals surface area contributed by atoms with Crippen LogP contribution in [0.15, 0.2) is 22.7 Å². The Hall–Kier alpha value is -1.38. The number of benzene rings is 1. The van der Waals surface area contributed by atoms with Gasteiger partial charge in [0.1, 0.15) is 6.07 Å². The molecule has 0 atom stereocenters. The molecule has 4 nitrogen and oxygen atoms in total. The minimum atomic E-state index is -0.170. The predicted molar refractivity (Wildman–Crippen MR) is 64.0 cm³/mol. The van der Waals surface area contributed by atoms with Gasteiger partial charge in [-0.05, 0) is 18.2 Å². The van der Waals surface area contributed by atoms with Crippen molar-refractivity contribution in [2.24, 2.45) is 0 Å². The second kappa shape index (κ2) is 6.26. The first-order valence-corrected chi connectivity index (χ1v) is 5.45. The van der Waals surface area contributed by atoms with Crippen molar-refractivity contribution in [3.05, 3.63) is 28.2 Å². The standard InChI is InChI=1S/C11H11BrN2O2/c1-16-5-4-11(15)14-10-6-9(12)3-2-8(10)7-13/h2-3,6H,4-5H2,1H3,(H,14,15). The Morgan fingerprint density at radius 1 is 1.62 bits per heavy atom. The topological polar surface area (TPSA) is 62.1 Å². The van der Waals surface area contributed by atoms with Crippen molar-refractivity contribution < 1.29 is 9.53 Å². The molecule has 84 valence electrons. The highest BCUT2D eigenvalue weighted by atomic mass is 79.9. The van der Waals surface area contributed by atoms with Crippen LogP contribution in [-0.2, 0) is 9.53 Å². The quantitative estimate of drug-likeness (QED) is 0.922. The number of hydrogen-bond acceptors (Lipinski definition) is 3. The van der Waals surface area contributed by atoms with E-state index in [1.807, 2.05) is 6.07 Å². The van der Waals surface area contributed by atoms with Gasteiger partial charge in [-0.15, -0.1) is 0 Å². The first kappa shape index (κ1) is 12.7. The van der Waals surface area contributed by atoms with E-state index in [0.717, 1.165) is 4.47 Å². The molecule has 0 heterocycles. The number of nitrogens with zero attached hydrogens (tertiary/aromatic N) is 1. The van der Waals surface area contributed by atoms with Gasteiger partial charge < -0.3 is 10.1 Å². The van der Waals surface area contributed by atoms with E-state index < -0.39 is 0 Å². The average Bonchev–Trinajstić information content (AvgIpc) is 2.27. The van der Waals surface area contributed by atoms with Crippen LogP contribution in [0, 0.1) is 11.3 Å². The number of carbonyl (C=O) groups is 1. The number of halogens is 1. The van der Waals surface area contributed by atoms with Gasteiger partial charge in [0, 0.05) is 11.6 Å². The molecule has 0 aromatic heterocycles. The van der Waals surface area contributed by atoms with Gasteiger partial charge in [-0.25, -0.2) is 0 Å². The molecule has 0 aliphatic rings. The fourth-order valence-corrected chi connectivity index (χ4v) is 1.49. The Kier molecular flexibility index (Phi) is 4.96. The van der Waals surface area contributed by atoms with Crippen molar-refractivity contribution in [2.75, 3.05) is 19.0 Å². The molecule has 1 rings (SSSR count). The van der Waals surface area contributed by atoms with Crippen LogP contribution in [0.2, 0.25) is 0 Å². The van der Waals surface area contributed by atoms with Gasteiger partial charge in [-0.3, -0.25) is 4.79 Å². The lowest BCUT2D eigenvalue weighted by molar-refractivity contribution is -0.117. The molecular formula is C11H11BrN2O2. The molecule has 16 heavy (non-hydrogen) atoms. The van der Waals surface area contributed by atoms with Crippen LogP contribution in [0.1, 0.15) is 12.0 Å². The van der Waals surface area contributed by atoms with Crippen LogP contribution in [0.5, 0.6) is 0 Å². The van der Waals surface area contributed by atoms with E-state index in [1.165, 1.54) is 7.11 Å². The molecule has 1 amide bonds. The zero-order valence-electron chi connectivity index (χ0n) is 8.79. The van der Waals surface area contributed by atoms with Crippen molar-refractivity contribution in [1.82, 2.24) is 0 Å². The third-order valence-corrected chi connectivity index (χ3v) is 2.40. The number of anilines is 1. The Bertz CT molecular complexity index is 426. The molecule has 0 bridgehead atoms. The van der Waals surface area contributed by atoms with Crippen LogP contribution in [0.25, 0.3) is 0 Å². The van der Waals surface area contributed by atoms with Gasteiger partial charge >= 0.3 is 0 Å². The number of nitrogens with one attached hydrogen (secondary N) is 1. The number of hydrogen-bond donors (Lipinski definition) is 1. The highest BCUT2D eigenvalue weighted by Crippen LogP contribution is 2.20. The summed E-state index contributed by atoms with van der Waals surface area (Å²) in [5, 5.41) is 11.5. The molecule has 0 spiro atoms. The number of carbonyl (C=O) groups excluding carboxylic acids is 1. The third kappa shape index (κ3) is 3.65. The lowest BCUT2D eigenvalue weighted by Gasteiger charge is -2.07. The molecule has 0 fully saturated rings. The maximum absolute atomic E-state index is 11.4. The summed E-state index contributed by atoms with van der Waals surface area (Å²) >= 11 is 3.28. The van der Waals surface area contributed by atoms with Gasteiger partial charge in [-0.2, -0.15) is 5.26 Å². The Labute approximate surface area is 102 Å². The SMILES string of the molecule is COCCC(=O)Nc1cc(Br)ccc1C#N. The van der Waals surface area contributed by atoms with E-state index in [9.17, 15) is 4.79 Å². The monoisotopic (exact) mass is 282 g/mol. The minimum Gasteiger partial charge on any atom is -0.384 e. The second-order valence-electron chi connectivity index (χ2n) is 3.09. The van der Waals surface area contributed by atoms with Crippen molar-refractivity contribution in [3.63, 3.8) is 0 Å². The predicted octanol–water partition coefficient (Wildman–Crippen LogP) is 2.30. The maximum atomic E-state index is 11.4. The van der Waals surface area contributed by atoms with Crippen molar-refractivity contribution >= 4 is 27.5 Å². The van der Waals surface area contributed by atoms with Gasteiger partial charge in [0.2, 0.25) is 5.91 Å². The summed E-state index contributed by atoms with van der Waals surface area (Å²) in [6, 6.07) is 7.12. The first-order chi connectivity index (χ1) is 7.67. The van der Waals surface area contributed by atoms with Crippen molar-refractivity contribution in [2.45, 2.75) is 6.42 Å². The Balaban J connectivity index is 2.76. The van der Waals surface area contributed by atoms with Gasteiger partial charge in [0.15, 0.2) is 0 Å². The normalized spacial score (nSPS) is 9.56. The minimum absolute atomic E-state index is 0.170. The third-order valence-electron chi connectivity index (χ3n) is 1.91. The molecular weight excluding hydrogens is 272 g/mol. The van der Waals surface area contributed by atoms with E-state index in [2.05, 4.69) is 21.2 Å². The van der Waals surface area contributed by atoms with Gasteiger partial charge in [0.05, 0.1) is 24.3 Å². The van der Waals surface area contributed by atoms with Crippen LogP contribution in [0.4, 0.5) is 5.69 Å². The summed E-state index contributed by atoms with van der Waals surface area (Å²) < 4.78 is 5.61. The molecule has 1 aromatic carbocycles. The van der Waals surface area contributed by atoms with Gasteiger partial charge in [-0.1, -0.05) is 15.9 Å². The van der Waals surface area contributed by atoms with Crippen LogP contribution in [0.3, 0.4) is 0 Å². The van der Waals surface area contributed by atoms with E-state index in [1.54, 1.807) is 18.2 Å². The first-order valence-electron chi connectivity index (χ1n) is 4.66. The highest BCUT2D eigenvalue weighted by Gasteiger charge is 2.06. The average molecular weight is 283 g/mol. The Morgan fingerprint density at radius 2 is 2.38 bits per heavy atom. The fourth-order valence-electron chi connectivity index (χ4n) is 1.12. The van der Waals surface area contributed by atoms with Crippen molar-refractivity contribution in [3.8, 4) is 6.07 Å². The molecule has 0 saturated carbocycles. The summed E-state index contributed by atoms with van der Waals surface area (Å²) in [5.41, 5.74) is 0.951. The van der Waals surface area contributed by atoms with E-state index in [4.69, 9.17) is 10.00 Å². The zero-order chi connectivity index (χ0) is 12.0. The number of ether oxygens (including phenoxy) is 1. The van der Waals surface area contributed by atoms with Crippen molar-refractivity contribution in [1.29, 1.82) is 5.26 Å². The van der Waals surface area contributed by atoms with Crippen LogP contribution in [-0.4, -0.2) is 19.6 Å². The van der Waals surface area contributed by atoms with E-state index in [-0.39, 0.29) is 12.3 Å². The largest absolute Gasteiger partial charge is 0.384 e. The molecule has 1 aromatic rings. The van der Waals surface area contributed by atoms with Crippen LogP contribution < -0.4 is 5.32 Å². The number of amides is 1. The maximum Gasteiger partial charge on any atom is 0.226 e. The summed E-state index contributed by atoms with van der Waals surface area (Å²) in [6.07, 6.45) is 0.272. The van der Waals surface area contributed by atoms with Gasteiger partial charge in [0.25, 0.3) is 0 Å². The fraction of sp³-hybridized carbons (Fsp3) is 0.273. The molecule has 0 aliphatic heterocycles. The molecule has 0 aliphatic carbocycles.